The maximum Gasteiger partial charge on any atom is 0.107 e. The van der Waals surface area contributed by atoms with E-state index in [4.69, 9.17) is 10.7 Å². The Morgan fingerprint density at radius 1 is 1.29 bits per heavy atom. The highest BCUT2D eigenvalue weighted by Crippen LogP contribution is 2.28. The third-order valence-electron chi connectivity index (χ3n) is 3.82. The molecule has 0 spiro atoms. The number of aromatic nitrogens is 2. The highest BCUT2D eigenvalue weighted by molar-refractivity contribution is 5.78. The van der Waals surface area contributed by atoms with Crippen LogP contribution in [0.5, 0.6) is 0 Å². The maximum atomic E-state index is 5.73. The average molecular weight is 229 g/mol. The number of aromatic amines is 1. The van der Waals surface area contributed by atoms with Gasteiger partial charge in [0.2, 0.25) is 0 Å². The van der Waals surface area contributed by atoms with Crippen LogP contribution in [-0.4, -0.2) is 9.97 Å². The first kappa shape index (κ1) is 10.8. The van der Waals surface area contributed by atoms with Crippen molar-refractivity contribution in [2.24, 2.45) is 11.7 Å². The summed E-state index contributed by atoms with van der Waals surface area (Å²) >= 11 is 0. The number of H-pyrrole nitrogens is 1. The first-order valence-corrected chi connectivity index (χ1v) is 6.53. The number of nitrogens with one attached hydrogen (secondary N) is 1. The van der Waals surface area contributed by atoms with Crippen LogP contribution in [0.3, 0.4) is 0 Å². The van der Waals surface area contributed by atoms with E-state index < -0.39 is 0 Å². The number of nitrogens with two attached hydrogens (primary N) is 1. The van der Waals surface area contributed by atoms with Crippen LogP contribution in [-0.2, 0) is 13.0 Å². The lowest BCUT2D eigenvalue weighted by Crippen LogP contribution is -2.00. The van der Waals surface area contributed by atoms with Crippen molar-refractivity contribution in [1.29, 1.82) is 0 Å². The molecule has 3 nitrogen and oxygen atoms in total. The van der Waals surface area contributed by atoms with Gasteiger partial charge in [-0.2, -0.15) is 0 Å². The zero-order chi connectivity index (χ0) is 11.7. The Morgan fingerprint density at radius 2 is 2.12 bits per heavy atom. The van der Waals surface area contributed by atoms with Crippen LogP contribution in [0.25, 0.3) is 11.0 Å². The zero-order valence-electron chi connectivity index (χ0n) is 10.1. The molecule has 3 N–H and O–H groups in total. The molecular formula is C14H19N3. The van der Waals surface area contributed by atoms with E-state index in [1.807, 2.05) is 6.07 Å². The molecule has 1 heterocycles. The maximum absolute atomic E-state index is 5.73. The lowest BCUT2D eigenvalue weighted by molar-refractivity contribution is 0.534. The van der Waals surface area contributed by atoms with Gasteiger partial charge in [0.1, 0.15) is 5.82 Å². The summed E-state index contributed by atoms with van der Waals surface area (Å²) in [6, 6.07) is 6.18. The molecule has 3 rings (SSSR count). The van der Waals surface area contributed by atoms with Gasteiger partial charge < -0.3 is 10.7 Å². The van der Waals surface area contributed by atoms with Gasteiger partial charge >= 0.3 is 0 Å². The molecule has 1 fully saturated rings. The van der Waals surface area contributed by atoms with Crippen molar-refractivity contribution in [1.82, 2.24) is 9.97 Å². The van der Waals surface area contributed by atoms with Crippen LogP contribution >= 0.6 is 0 Å². The molecule has 1 aromatic heterocycles. The highest BCUT2D eigenvalue weighted by atomic mass is 14.9. The van der Waals surface area contributed by atoms with Gasteiger partial charge in [-0.15, -0.1) is 0 Å². The Morgan fingerprint density at radius 3 is 2.88 bits per heavy atom. The SMILES string of the molecule is NCc1cccc2[nH]c(CC3CCCC3)nc12. The molecule has 1 aliphatic carbocycles. The van der Waals surface area contributed by atoms with Gasteiger partial charge in [0.15, 0.2) is 0 Å². The van der Waals surface area contributed by atoms with E-state index >= 15 is 0 Å². The summed E-state index contributed by atoms with van der Waals surface area (Å²) in [5.41, 5.74) is 9.05. The van der Waals surface area contributed by atoms with Crippen LogP contribution < -0.4 is 5.73 Å². The van der Waals surface area contributed by atoms with E-state index in [9.17, 15) is 0 Å². The highest BCUT2D eigenvalue weighted by Gasteiger charge is 2.17. The minimum Gasteiger partial charge on any atom is -0.342 e. The Bertz CT molecular complexity index is 509. The quantitative estimate of drug-likeness (QED) is 0.850. The van der Waals surface area contributed by atoms with E-state index in [0.29, 0.717) is 6.54 Å². The fraction of sp³-hybridized carbons (Fsp3) is 0.500. The lowest BCUT2D eigenvalue weighted by Gasteiger charge is -2.04. The molecule has 1 aromatic carbocycles. The summed E-state index contributed by atoms with van der Waals surface area (Å²) in [5, 5.41) is 0. The fourth-order valence-corrected chi connectivity index (χ4v) is 2.89. The van der Waals surface area contributed by atoms with Crippen molar-refractivity contribution in [2.45, 2.75) is 38.6 Å². The Hall–Kier alpha value is -1.35. The lowest BCUT2D eigenvalue weighted by atomic mass is 10.0. The number of hydrogen-bond acceptors (Lipinski definition) is 2. The van der Waals surface area contributed by atoms with E-state index in [2.05, 4.69) is 17.1 Å². The molecule has 1 aliphatic rings. The van der Waals surface area contributed by atoms with Crippen molar-refractivity contribution in [3.8, 4) is 0 Å². The molecule has 90 valence electrons. The van der Waals surface area contributed by atoms with E-state index in [1.165, 1.54) is 25.7 Å². The van der Waals surface area contributed by atoms with Gasteiger partial charge in [-0.3, -0.25) is 0 Å². The molecule has 0 amide bonds. The summed E-state index contributed by atoms with van der Waals surface area (Å²) in [5.74, 6) is 1.96. The molecule has 0 bridgehead atoms. The van der Waals surface area contributed by atoms with Crippen molar-refractivity contribution in [3.63, 3.8) is 0 Å². The second-order valence-electron chi connectivity index (χ2n) is 5.06. The molecule has 0 atom stereocenters. The summed E-state index contributed by atoms with van der Waals surface area (Å²) in [7, 11) is 0. The van der Waals surface area contributed by atoms with Crippen LogP contribution in [0, 0.1) is 5.92 Å². The molecular weight excluding hydrogens is 210 g/mol. The number of benzene rings is 1. The minimum atomic E-state index is 0.561. The number of rotatable bonds is 3. The summed E-state index contributed by atoms with van der Waals surface area (Å²) in [4.78, 5) is 8.14. The van der Waals surface area contributed by atoms with Crippen molar-refractivity contribution in [3.05, 3.63) is 29.6 Å². The second kappa shape index (κ2) is 4.49. The Labute approximate surface area is 101 Å². The molecule has 1 saturated carbocycles. The first-order valence-electron chi connectivity index (χ1n) is 6.53. The number of imidazole rings is 1. The third-order valence-corrected chi connectivity index (χ3v) is 3.82. The summed E-state index contributed by atoms with van der Waals surface area (Å²) < 4.78 is 0. The molecule has 0 aliphatic heterocycles. The van der Waals surface area contributed by atoms with Gasteiger partial charge in [0.25, 0.3) is 0 Å². The standard InChI is InChI=1S/C14H19N3/c15-9-11-6-3-7-12-14(11)17-13(16-12)8-10-4-1-2-5-10/h3,6-7,10H,1-2,4-5,8-9,15H2,(H,16,17). The molecule has 2 aromatic rings. The van der Waals surface area contributed by atoms with Gasteiger partial charge in [0.05, 0.1) is 11.0 Å². The number of hydrogen-bond donors (Lipinski definition) is 2. The van der Waals surface area contributed by atoms with Crippen molar-refractivity contribution < 1.29 is 0 Å². The predicted octanol–water partition coefficient (Wildman–Crippen LogP) is 2.75. The van der Waals surface area contributed by atoms with E-state index in [1.54, 1.807) is 0 Å². The Balaban J connectivity index is 1.90. The second-order valence-corrected chi connectivity index (χ2v) is 5.06. The number of para-hydroxylation sites is 1. The number of nitrogens with zero attached hydrogens (tertiary/aromatic N) is 1. The van der Waals surface area contributed by atoms with E-state index in [0.717, 1.165) is 34.8 Å². The molecule has 3 heteroatoms. The van der Waals surface area contributed by atoms with Crippen LogP contribution in [0.4, 0.5) is 0 Å². The minimum absolute atomic E-state index is 0.561. The smallest absolute Gasteiger partial charge is 0.107 e. The zero-order valence-corrected chi connectivity index (χ0v) is 10.1. The molecule has 17 heavy (non-hydrogen) atoms. The van der Waals surface area contributed by atoms with Gasteiger partial charge in [-0.25, -0.2) is 4.98 Å². The topological polar surface area (TPSA) is 54.7 Å². The third kappa shape index (κ3) is 2.07. The van der Waals surface area contributed by atoms with Crippen LogP contribution in [0.15, 0.2) is 18.2 Å². The first-order chi connectivity index (χ1) is 8.36. The summed E-state index contributed by atoms with van der Waals surface area (Å²) in [6.45, 7) is 0.561. The van der Waals surface area contributed by atoms with Crippen LogP contribution in [0.1, 0.15) is 37.1 Å². The number of fused-ring (bicyclic) bond motifs is 1. The predicted molar refractivity (Wildman–Crippen MR) is 69.6 cm³/mol. The largest absolute Gasteiger partial charge is 0.342 e. The normalized spacial score (nSPS) is 17.0. The van der Waals surface area contributed by atoms with Crippen molar-refractivity contribution >= 4 is 11.0 Å². The molecule has 0 saturated heterocycles. The van der Waals surface area contributed by atoms with Gasteiger partial charge in [0, 0.05) is 13.0 Å². The molecule has 0 unspecified atom stereocenters. The summed E-state index contributed by atoms with van der Waals surface area (Å²) in [6.07, 6.45) is 6.60. The monoisotopic (exact) mass is 229 g/mol. The van der Waals surface area contributed by atoms with Gasteiger partial charge in [-0.1, -0.05) is 37.8 Å². The fourth-order valence-electron chi connectivity index (χ4n) is 2.89. The molecule has 0 radical (unpaired) electrons. The van der Waals surface area contributed by atoms with Gasteiger partial charge in [-0.05, 0) is 17.5 Å². The van der Waals surface area contributed by atoms with Crippen molar-refractivity contribution in [2.75, 3.05) is 0 Å². The Kier molecular flexibility index (Phi) is 2.85. The average Bonchev–Trinajstić information content (AvgIpc) is 2.97. The van der Waals surface area contributed by atoms with Crippen LogP contribution in [0.2, 0.25) is 0 Å². The van der Waals surface area contributed by atoms with E-state index in [-0.39, 0.29) is 0 Å².